The molecule has 3 rings (SSSR count). The average molecular weight is 466 g/mol. The van der Waals surface area contributed by atoms with Gasteiger partial charge in [-0.1, -0.05) is 67.6 Å². The number of piperazine rings is 1. The number of hydrogen-bond donors (Lipinski definition) is 2. The number of benzene rings is 2. The summed E-state index contributed by atoms with van der Waals surface area (Å²) in [6.07, 6.45) is 6.84. The molecule has 186 valence electrons. The van der Waals surface area contributed by atoms with Crippen molar-refractivity contribution in [2.24, 2.45) is 0 Å². The summed E-state index contributed by atoms with van der Waals surface area (Å²) in [6.45, 7) is 6.83. The van der Waals surface area contributed by atoms with Crippen LogP contribution in [0, 0.1) is 0 Å². The second kappa shape index (κ2) is 14.9. The van der Waals surface area contributed by atoms with Crippen LogP contribution in [0.4, 0.5) is 0 Å². The summed E-state index contributed by atoms with van der Waals surface area (Å²) in [7, 11) is 0. The molecule has 1 heterocycles. The molecule has 1 amide bonds. The van der Waals surface area contributed by atoms with Crippen LogP contribution in [0.3, 0.4) is 0 Å². The average Bonchev–Trinajstić information content (AvgIpc) is 2.86. The summed E-state index contributed by atoms with van der Waals surface area (Å²) >= 11 is 0. The molecule has 1 aliphatic rings. The summed E-state index contributed by atoms with van der Waals surface area (Å²) in [5.41, 5.74) is 2.73. The van der Waals surface area contributed by atoms with Crippen LogP contribution in [-0.4, -0.2) is 72.2 Å². The normalized spacial score (nSPS) is 16.0. The summed E-state index contributed by atoms with van der Waals surface area (Å²) in [4.78, 5) is 17.4. The van der Waals surface area contributed by atoms with E-state index in [9.17, 15) is 9.90 Å². The van der Waals surface area contributed by atoms with Gasteiger partial charge in [-0.05, 0) is 56.1 Å². The lowest BCUT2D eigenvalue weighted by Gasteiger charge is -2.35. The first-order valence-electron chi connectivity index (χ1n) is 13.1. The minimum absolute atomic E-state index is 0.145. The van der Waals surface area contributed by atoms with E-state index in [1.54, 1.807) is 0 Å². The summed E-state index contributed by atoms with van der Waals surface area (Å²) in [6, 6.07) is 21.4. The SMILES string of the molecule is CC[C@H](O)CN1CCN(CC(=O)NC(CCCc2ccccc2)CCCc2ccccc2)CC1. The Labute approximate surface area is 206 Å². The number of nitrogens with zero attached hydrogens (tertiary/aromatic N) is 2. The zero-order chi connectivity index (χ0) is 24.0. The number of aryl methyl sites for hydroxylation is 2. The first-order chi connectivity index (χ1) is 16.6. The first kappa shape index (κ1) is 26.4. The highest BCUT2D eigenvalue weighted by molar-refractivity contribution is 5.78. The van der Waals surface area contributed by atoms with Gasteiger partial charge in [0.25, 0.3) is 0 Å². The molecule has 0 bridgehead atoms. The van der Waals surface area contributed by atoms with Gasteiger partial charge in [0.2, 0.25) is 5.91 Å². The molecular formula is C29H43N3O2. The molecule has 2 aromatic carbocycles. The lowest BCUT2D eigenvalue weighted by molar-refractivity contribution is -0.123. The second-order valence-electron chi connectivity index (χ2n) is 9.66. The Bertz CT molecular complexity index is 761. The molecule has 0 aromatic heterocycles. The number of aliphatic hydroxyl groups excluding tert-OH is 1. The van der Waals surface area contributed by atoms with Gasteiger partial charge in [-0.15, -0.1) is 0 Å². The molecule has 0 spiro atoms. The summed E-state index contributed by atoms with van der Waals surface area (Å²) < 4.78 is 0. The Kier molecular flexibility index (Phi) is 11.6. The highest BCUT2D eigenvalue weighted by Crippen LogP contribution is 2.13. The van der Waals surface area contributed by atoms with Crippen LogP contribution >= 0.6 is 0 Å². The van der Waals surface area contributed by atoms with Crippen molar-refractivity contribution in [1.82, 2.24) is 15.1 Å². The molecule has 1 saturated heterocycles. The van der Waals surface area contributed by atoms with Crippen LogP contribution in [-0.2, 0) is 17.6 Å². The number of amides is 1. The van der Waals surface area contributed by atoms with Crippen LogP contribution in [0.25, 0.3) is 0 Å². The van der Waals surface area contributed by atoms with Gasteiger partial charge in [-0.25, -0.2) is 0 Å². The van der Waals surface area contributed by atoms with Crippen LogP contribution < -0.4 is 5.32 Å². The van der Waals surface area contributed by atoms with Crippen LogP contribution in [0.15, 0.2) is 60.7 Å². The smallest absolute Gasteiger partial charge is 0.234 e. The third kappa shape index (κ3) is 9.96. The fourth-order valence-corrected chi connectivity index (χ4v) is 4.72. The fourth-order valence-electron chi connectivity index (χ4n) is 4.72. The Morgan fingerprint density at radius 2 is 1.35 bits per heavy atom. The van der Waals surface area contributed by atoms with Crippen molar-refractivity contribution in [2.45, 2.75) is 64.0 Å². The first-order valence-corrected chi connectivity index (χ1v) is 13.1. The molecule has 0 aliphatic carbocycles. The van der Waals surface area contributed by atoms with E-state index in [-0.39, 0.29) is 18.1 Å². The monoisotopic (exact) mass is 465 g/mol. The highest BCUT2D eigenvalue weighted by Gasteiger charge is 2.21. The maximum atomic E-state index is 12.9. The third-order valence-electron chi connectivity index (χ3n) is 6.86. The largest absolute Gasteiger partial charge is 0.392 e. The van der Waals surface area contributed by atoms with E-state index in [4.69, 9.17) is 0 Å². The number of hydrogen-bond acceptors (Lipinski definition) is 4. The van der Waals surface area contributed by atoms with Gasteiger partial charge in [0.1, 0.15) is 0 Å². The van der Waals surface area contributed by atoms with E-state index in [2.05, 4.69) is 75.8 Å². The van der Waals surface area contributed by atoms with E-state index >= 15 is 0 Å². The Hall–Kier alpha value is -2.21. The zero-order valence-electron chi connectivity index (χ0n) is 20.9. The number of nitrogens with one attached hydrogen (secondary N) is 1. The third-order valence-corrected chi connectivity index (χ3v) is 6.86. The van der Waals surface area contributed by atoms with Gasteiger partial charge in [0.15, 0.2) is 0 Å². The van der Waals surface area contributed by atoms with E-state index in [1.165, 1.54) is 11.1 Å². The van der Waals surface area contributed by atoms with Gasteiger partial charge in [0, 0.05) is 38.8 Å². The van der Waals surface area contributed by atoms with Gasteiger partial charge in [-0.3, -0.25) is 14.6 Å². The lowest BCUT2D eigenvalue weighted by Crippen LogP contribution is -2.51. The molecule has 34 heavy (non-hydrogen) atoms. The maximum Gasteiger partial charge on any atom is 0.234 e. The number of β-amino-alcohol motifs (C(OH)–C–C–N with tert-alkyl or cyclic N) is 1. The Morgan fingerprint density at radius 3 is 1.85 bits per heavy atom. The van der Waals surface area contributed by atoms with Gasteiger partial charge in [0.05, 0.1) is 12.6 Å². The van der Waals surface area contributed by atoms with Crippen molar-refractivity contribution in [3.63, 3.8) is 0 Å². The van der Waals surface area contributed by atoms with Gasteiger partial charge < -0.3 is 10.4 Å². The Morgan fingerprint density at radius 1 is 0.853 bits per heavy atom. The van der Waals surface area contributed by atoms with E-state index in [0.29, 0.717) is 6.54 Å². The molecule has 1 fully saturated rings. The molecule has 0 saturated carbocycles. The molecule has 1 atom stereocenters. The number of carbonyl (C=O) groups is 1. The highest BCUT2D eigenvalue weighted by atomic mass is 16.3. The topological polar surface area (TPSA) is 55.8 Å². The maximum absolute atomic E-state index is 12.9. The van der Waals surface area contributed by atoms with Crippen LogP contribution in [0.5, 0.6) is 0 Å². The van der Waals surface area contributed by atoms with Crippen LogP contribution in [0.1, 0.15) is 50.2 Å². The Balaban J connectivity index is 1.43. The number of rotatable bonds is 14. The molecular weight excluding hydrogens is 422 g/mol. The molecule has 2 aromatic rings. The predicted molar refractivity (Wildman–Crippen MR) is 140 cm³/mol. The van der Waals surface area contributed by atoms with Gasteiger partial charge >= 0.3 is 0 Å². The van der Waals surface area contributed by atoms with Crippen molar-refractivity contribution in [1.29, 1.82) is 0 Å². The molecule has 1 aliphatic heterocycles. The second-order valence-corrected chi connectivity index (χ2v) is 9.66. The molecule has 0 radical (unpaired) electrons. The summed E-state index contributed by atoms with van der Waals surface area (Å²) in [5, 5.41) is 13.2. The van der Waals surface area contributed by atoms with E-state index < -0.39 is 0 Å². The van der Waals surface area contributed by atoms with Crippen molar-refractivity contribution in [2.75, 3.05) is 39.3 Å². The van der Waals surface area contributed by atoms with Crippen molar-refractivity contribution in [3.05, 3.63) is 71.8 Å². The van der Waals surface area contributed by atoms with Crippen molar-refractivity contribution in [3.8, 4) is 0 Å². The minimum atomic E-state index is -0.248. The van der Waals surface area contributed by atoms with E-state index in [1.807, 2.05) is 6.92 Å². The molecule has 5 heteroatoms. The number of aliphatic hydroxyl groups is 1. The van der Waals surface area contributed by atoms with Gasteiger partial charge in [-0.2, -0.15) is 0 Å². The number of carbonyl (C=O) groups excluding carboxylic acids is 1. The minimum Gasteiger partial charge on any atom is -0.392 e. The molecule has 2 N–H and O–H groups in total. The molecule has 0 unspecified atom stereocenters. The van der Waals surface area contributed by atoms with Crippen molar-refractivity contribution < 1.29 is 9.90 Å². The van der Waals surface area contributed by atoms with Crippen LogP contribution in [0.2, 0.25) is 0 Å². The fraction of sp³-hybridized carbons (Fsp3) is 0.552. The van der Waals surface area contributed by atoms with Crippen molar-refractivity contribution >= 4 is 5.91 Å². The zero-order valence-corrected chi connectivity index (χ0v) is 20.9. The lowest BCUT2D eigenvalue weighted by atomic mass is 9.99. The molecule has 5 nitrogen and oxygen atoms in total. The predicted octanol–water partition coefficient (Wildman–Crippen LogP) is 3.91. The standard InChI is InChI=1S/C29H43N3O2/c1-2-28(33)23-31-19-21-32(22-20-31)24-29(34)30-27(17-9-15-25-11-5-3-6-12-25)18-10-16-26-13-7-4-8-14-26/h3-8,11-14,27-28,33H,2,9-10,15-24H2,1H3,(H,30,34)/t28-/m0/s1. The quantitative estimate of drug-likeness (QED) is 0.444. The summed E-state index contributed by atoms with van der Waals surface area (Å²) in [5.74, 6) is 0.145. The van der Waals surface area contributed by atoms with E-state index in [0.717, 1.165) is 77.7 Å².